The Morgan fingerprint density at radius 2 is 1.86 bits per heavy atom. The molecule has 0 saturated carbocycles. The molecule has 3 amide bonds. The Morgan fingerprint density at radius 1 is 1.19 bits per heavy atom. The van der Waals surface area contributed by atoms with Crippen molar-refractivity contribution in [3.63, 3.8) is 0 Å². The van der Waals surface area contributed by atoms with Gasteiger partial charge in [-0.25, -0.2) is 0 Å². The molecule has 2 bridgehead atoms. The summed E-state index contributed by atoms with van der Waals surface area (Å²) >= 11 is 5.46. The zero-order valence-electron chi connectivity index (χ0n) is 25.1. The number of fused-ring (bicyclic) bond motifs is 1. The average molecular weight is 663 g/mol. The molecule has 3 fully saturated rings. The minimum Gasteiger partial charge on any atom is -0.494 e. The lowest BCUT2D eigenvalue weighted by atomic mass is 9.70. The Labute approximate surface area is 262 Å². The van der Waals surface area contributed by atoms with E-state index in [-0.39, 0.29) is 47.0 Å². The fourth-order valence-electron chi connectivity index (χ4n) is 7.07. The van der Waals surface area contributed by atoms with Gasteiger partial charge < -0.3 is 24.5 Å². The first kappa shape index (κ1) is 32.6. The molecule has 3 heterocycles. The first-order chi connectivity index (χ1) is 20.1. The van der Waals surface area contributed by atoms with Gasteiger partial charge in [-0.15, -0.1) is 24.9 Å². The van der Waals surface area contributed by atoms with E-state index in [2.05, 4.69) is 36.0 Å². The fourth-order valence-corrected chi connectivity index (χ4v) is 10.7. The summed E-state index contributed by atoms with van der Waals surface area (Å²) in [6.45, 7) is 16.5. The number of nitrogens with zero attached hydrogens (tertiary/aromatic N) is 3. The number of benzene rings is 1. The summed E-state index contributed by atoms with van der Waals surface area (Å²) in [5.41, 5.74) is 0.695. The van der Waals surface area contributed by atoms with Crippen LogP contribution in [0.3, 0.4) is 0 Å². The molecule has 4 rings (SSSR count). The number of thioether (sulfide) groups is 1. The highest BCUT2D eigenvalue weighted by atomic mass is 79.9. The number of hydrogen-bond donors (Lipinski definition) is 1. The Kier molecular flexibility index (Phi) is 10.5. The zero-order chi connectivity index (χ0) is 30.8. The summed E-state index contributed by atoms with van der Waals surface area (Å²) in [5, 5.41) is 10.0. The van der Waals surface area contributed by atoms with Gasteiger partial charge in [-0.05, 0) is 57.9 Å². The van der Waals surface area contributed by atoms with E-state index in [1.807, 2.05) is 43.0 Å². The van der Waals surface area contributed by atoms with E-state index >= 15 is 0 Å². The molecule has 8 atom stereocenters. The average Bonchev–Trinajstić information content (AvgIpc) is 3.57. The van der Waals surface area contributed by atoms with Crippen molar-refractivity contribution in [1.29, 1.82) is 0 Å². The van der Waals surface area contributed by atoms with Gasteiger partial charge in [-0.2, -0.15) is 0 Å². The molecule has 42 heavy (non-hydrogen) atoms. The van der Waals surface area contributed by atoms with Crippen LogP contribution in [0.2, 0.25) is 0 Å². The molecular weight excluding hydrogens is 618 g/mol. The van der Waals surface area contributed by atoms with Gasteiger partial charge in [0.15, 0.2) is 0 Å². The molecule has 10 heteroatoms. The van der Waals surface area contributed by atoms with Crippen LogP contribution >= 0.6 is 27.7 Å². The molecule has 0 aliphatic carbocycles. The van der Waals surface area contributed by atoms with Crippen molar-refractivity contribution in [2.75, 3.05) is 31.2 Å². The standard InChI is InChI=1S/C32H44BrN3O5S/c1-7-11-20(5)34(16-8-2)31(40)28-32-18-24(33)27(42-32)25(26(32)30(39)36(28)21(6)19-37)29(38)35(17-9-3)22-12-14-23(15-13-22)41-10-4/h8-9,12-15,20-21,24-28,37H,2-3,7,10-11,16-19H2,1,4-6H3/t20?,21-,24?,25-,26+,27-,28?,32?/m1/s1. The molecule has 230 valence electrons. The molecule has 0 radical (unpaired) electrons. The van der Waals surface area contributed by atoms with Gasteiger partial charge in [0, 0.05) is 34.9 Å². The first-order valence-electron chi connectivity index (χ1n) is 14.9. The fraction of sp³-hybridized carbons (Fsp3) is 0.594. The molecule has 8 nitrogen and oxygen atoms in total. The molecule has 1 aromatic carbocycles. The van der Waals surface area contributed by atoms with Crippen molar-refractivity contribution < 1.29 is 24.2 Å². The lowest BCUT2D eigenvalue weighted by molar-refractivity contribution is -0.146. The smallest absolute Gasteiger partial charge is 0.247 e. The van der Waals surface area contributed by atoms with Crippen molar-refractivity contribution in [3.05, 3.63) is 49.6 Å². The minimum atomic E-state index is -0.791. The number of carbonyl (C=O) groups is 3. The number of amides is 3. The molecule has 1 N–H and O–H groups in total. The third-order valence-corrected chi connectivity index (χ3v) is 12.1. The molecule has 1 spiro atoms. The first-order valence-corrected chi connectivity index (χ1v) is 16.7. The van der Waals surface area contributed by atoms with E-state index < -0.39 is 28.7 Å². The normalized spacial score (nSPS) is 29.1. The maximum absolute atomic E-state index is 14.5. The highest BCUT2D eigenvalue weighted by Crippen LogP contribution is 2.68. The third-order valence-electron chi connectivity index (χ3n) is 8.87. The Hall–Kier alpha value is -2.30. The molecule has 3 aliphatic heterocycles. The van der Waals surface area contributed by atoms with E-state index in [0.717, 1.165) is 12.8 Å². The third kappa shape index (κ3) is 5.54. The highest BCUT2D eigenvalue weighted by Gasteiger charge is 2.76. The molecular formula is C32H44BrN3O5S. The Balaban J connectivity index is 1.77. The SMILES string of the molecule is C=CCN(C(=O)[C@H]1[C@@H]2SC3(CC2Br)C(C(=O)N(CC=C)C(C)CCC)N([C@H](C)CO)C(=O)[C@H]13)c1ccc(OCC)cc1. The van der Waals surface area contributed by atoms with E-state index in [1.54, 1.807) is 40.6 Å². The second-order valence-electron chi connectivity index (χ2n) is 11.5. The maximum atomic E-state index is 14.5. The lowest BCUT2D eigenvalue weighted by Gasteiger charge is -2.41. The quantitative estimate of drug-likeness (QED) is 0.231. The molecule has 1 aromatic rings. The van der Waals surface area contributed by atoms with Crippen LogP contribution in [0, 0.1) is 11.8 Å². The van der Waals surface area contributed by atoms with E-state index in [0.29, 0.717) is 31.0 Å². The van der Waals surface area contributed by atoms with Crippen molar-refractivity contribution in [3.8, 4) is 5.75 Å². The van der Waals surface area contributed by atoms with Gasteiger partial charge in [0.2, 0.25) is 17.7 Å². The number of rotatable bonds is 14. The number of aliphatic hydroxyl groups excluding tert-OH is 1. The number of alkyl halides is 1. The molecule has 3 aliphatic rings. The van der Waals surface area contributed by atoms with E-state index in [9.17, 15) is 19.5 Å². The van der Waals surface area contributed by atoms with E-state index in [1.165, 1.54) is 0 Å². The van der Waals surface area contributed by atoms with Crippen LogP contribution in [-0.4, -0.2) is 91.9 Å². The summed E-state index contributed by atoms with van der Waals surface area (Å²) in [5.74, 6) is -1.13. The number of halogens is 1. The van der Waals surface area contributed by atoms with Gasteiger partial charge in [0.25, 0.3) is 0 Å². The number of likely N-dealkylation sites (tertiary alicyclic amines) is 1. The van der Waals surface area contributed by atoms with Crippen molar-refractivity contribution in [1.82, 2.24) is 9.80 Å². The molecule has 4 unspecified atom stereocenters. The van der Waals surface area contributed by atoms with Crippen molar-refractivity contribution in [2.24, 2.45) is 11.8 Å². The summed E-state index contributed by atoms with van der Waals surface area (Å²) in [4.78, 5) is 48.5. The monoisotopic (exact) mass is 661 g/mol. The molecule has 0 aromatic heterocycles. The summed E-state index contributed by atoms with van der Waals surface area (Å²) in [6, 6.07) is 5.96. The summed E-state index contributed by atoms with van der Waals surface area (Å²) < 4.78 is 4.80. The van der Waals surface area contributed by atoms with Crippen LogP contribution < -0.4 is 9.64 Å². The number of anilines is 1. The van der Waals surface area contributed by atoms with Crippen LogP contribution in [0.1, 0.15) is 47.0 Å². The van der Waals surface area contributed by atoms with Crippen LogP contribution in [0.15, 0.2) is 49.6 Å². The summed E-state index contributed by atoms with van der Waals surface area (Å²) in [7, 11) is 0. The van der Waals surface area contributed by atoms with Crippen LogP contribution in [0.25, 0.3) is 0 Å². The largest absolute Gasteiger partial charge is 0.494 e. The predicted molar refractivity (Wildman–Crippen MR) is 172 cm³/mol. The number of aliphatic hydroxyl groups is 1. The van der Waals surface area contributed by atoms with Crippen molar-refractivity contribution in [2.45, 2.75) is 79.9 Å². The van der Waals surface area contributed by atoms with Crippen LogP contribution in [-0.2, 0) is 14.4 Å². The lowest BCUT2D eigenvalue weighted by Crippen LogP contribution is -2.58. The zero-order valence-corrected chi connectivity index (χ0v) is 27.5. The Morgan fingerprint density at radius 3 is 2.43 bits per heavy atom. The van der Waals surface area contributed by atoms with Crippen molar-refractivity contribution >= 4 is 51.1 Å². The van der Waals surface area contributed by atoms with Crippen LogP contribution in [0.4, 0.5) is 5.69 Å². The predicted octanol–water partition coefficient (Wildman–Crippen LogP) is 4.65. The van der Waals surface area contributed by atoms with Gasteiger partial charge in [-0.1, -0.05) is 41.4 Å². The minimum absolute atomic E-state index is 0.0409. The highest BCUT2D eigenvalue weighted by molar-refractivity contribution is 9.09. The summed E-state index contributed by atoms with van der Waals surface area (Å²) in [6.07, 6.45) is 5.72. The van der Waals surface area contributed by atoms with Gasteiger partial charge >= 0.3 is 0 Å². The van der Waals surface area contributed by atoms with E-state index in [4.69, 9.17) is 4.74 Å². The van der Waals surface area contributed by atoms with Gasteiger partial charge in [0.05, 0.1) is 35.8 Å². The van der Waals surface area contributed by atoms with Gasteiger partial charge in [-0.3, -0.25) is 14.4 Å². The second-order valence-corrected chi connectivity index (χ2v) is 14.2. The molecule has 3 saturated heterocycles. The van der Waals surface area contributed by atoms with Gasteiger partial charge in [0.1, 0.15) is 11.8 Å². The van der Waals surface area contributed by atoms with Crippen LogP contribution in [0.5, 0.6) is 5.75 Å². The number of hydrogen-bond acceptors (Lipinski definition) is 6. The number of carbonyl (C=O) groups excluding carboxylic acids is 3. The number of ether oxygens (including phenoxy) is 1. The topological polar surface area (TPSA) is 90.4 Å². The Bertz CT molecular complexity index is 1180. The maximum Gasteiger partial charge on any atom is 0.247 e. The second kappa shape index (κ2) is 13.6.